The normalized spacial score (nSPS) is 20.7. The van der Waals surface area contributed by atoms with Gasteiger partial charge in [0.2, 0.25) is 5.91 Å². The molecule has 0 saturated carbocycles. The van der Waals surface area contributed by atoms with E-state index in [1.54, 1.807) is 6.07 Å². The Morgan fingerprint density at radius 1 is 1.46 bits per heavy atom. The van der Waals surface area contributed by atoms with E-state index in [1.165, 1.54) is 0 Å². The highest BCUT2D eigenvalue weighted by Gasteiger charge is 2.21. The molecule has 1 aromatic carbocycles. The summed E-state index contributed by atoms with van der Waals surface area (Å²) in [5.74, 6) is -0.0867. The fraction of sp³-hybridized carbons (Fsp3) is 0.222. The number of hydrogen-bond acceptors (Lipinski definition) is 2. The lowest BCUT2D eigenvalue weighted by molar-refractivity contribution is -0.114. The first-order valence-corrected chi connectivity index (χ1v) is 5.28. The maximum Gasteiger partial charge on any atom is 0.237 e. The maximum atomic E-state index is 11.5. The summed E-state index contributed by atoms with van der Waals surface area (Å²) in [6.45, 7) is 1.89. The summed E-state index contributed by atoms with van der Waals surface area (Å²) in [6.07, 6.45) is 0. The van der Waals surface area contributed by atoms with Crippen LogP contribution in [0.5, 0.6) is 0 Å². The number of amides is 1. The van der Waals surface area contributed by atoms with Gasteiger partial charge in [-0.25, -0.2) is 0 Å². The summed E-state index contributed by atoms with van der Waals surface area (Å²) >= 11 is 0. The van der Waals surface area contributed by atoms with Crippen molar-refractivity contribution in [1.82, 2.24) is 0 Å². The van der Waals surface area contributed by atoms with Crippen molar-refractivity contribution in [2.24, 2.45) is 0 Å². The second kappa shape index (κ2) is 2.96. The van der Waals surface area contributed by atoms with Gasteiger partial charge in [0.05, 0.1) is 21.4 Å². The van der Waals surface area contributed by atoms with Gasteiger partial charge in [0.25, 0.3) is 0 Å². The summed E-state index contributed by atoms with van der Waals surface area (Å²) in [6, 6.07) is 5.53. The predicted octanol–water partition coefficient (Wildman–Crippen LogP) is 1.05. The van der Waals surface area contributed by atoms with Gasteiger partial charge in [0.15, 0.2) is 0 Å². The SMILES string of the molecule is Cc1cccc2c1NC(=O)CS2=O. The van der Waals surface area contributed by atoms with E-state index in [9.17, 15) is 9.00 Å². The number of aryl methyl sites for hydroxylation is 1. The zero-order valence-electron chi connectivity index (χ0n) is 7.16. The molecule has 0 fully saturated rings. The Labute approximate surface area is 78.6 Å². The first-order valence-electron chi connectivity index (χ1n) is 3.96. The average Bonchev–Trinajstić information content (AvgIpc) is 2.07. The Morgan fingerprint density at radius 3 is 3.00 bits per heavy atom. The molecule has 0 saturated heterocycles. The third-order valence-corrected chi connectivity index (χ3v) is 3.36. The summed E-state index contributed by atoms with van der Waals surface area (Å²) < 4.78 is 11.5. The molecule has 0 aliphatic carbocycles. The van der Waals surface area contributed by atoms with E-state index in [1.807, 2.05) is 19.1 Å². The number of carbonyl (C=O) groups excluding carboxylic acids is 1. The van der Waals surface area contributed by atoms with Crippen molar-refractivity contribution in [3.63, 3.8) is 0 Å². The van der Waals surface area contributed by atoms with E-state index in [0.29, 0.717) is 0 Å². The van der Waals surface area contributed by atoms with Crippen LogP contribution in [0.15, 0.2) is 23.1 Å². The molecule has 13 heavy (non-hydrogen) atoms. The molecule has 0 radical (unpaired) electrons. The lowest BCUT2D eigenvalue weighted by Crippen LogP contribution is -2.26. The number of benzene rings is 1. The monoisotopic (exact) mass is 195 g/mol. The molecule has 2 rings (SSSR count). The molecule has 0 aromatic heterocycles. The number of rotatable bonds is 0. The van der Waals surface area contributed by atoms with E-state index in [2.05, 4.69) is 5.32 Å². The topological polar surface area (TPSA) is 46.2 Å². The second-order valence-electron chi connectivity index (χ2n) is 2.99. The molecule has 1 unspecified atom stereocenters. The number of para-hydroxylation sites is 1. The van der Waals surface area contributed by atoms with Gasteiger partial charge in [-0.1, -0.05) is 12.1 Å². The fourth-order valence-corrected chi connectivity index (χ4v) is 2.50. The summed E-state index contributed by atoms with van der Waals surface area (Å²) in [7, 11) is -1.17. The van der Waals surface area contributed by atoms with Gasteiger partial charge in [0.1, 0.15) is 5.75 Å². The molecule has 1 aromatic rings. The summed E-state index contributed by atoms with van der Waals surface area (Å²) in [4.78, 5) is 11.8. The highest BCUT2D eigenvalue weighted by molar-refractivity contribution is 7.86. The predicted molar refractivity (Wildman–Crippen MR) is 51.1 cm³/mol. The van der Waals surface area contributed by atoms with Crippen LogP contribution in [0.2, 0.25) is 0 Å². The maximum absolute atomic E-state index is 11.5. The minimum Gasteiger partial charge on any atom is -0.324 e. The van der Waals surface area contributed by atoms with Crippen LogP contribution in [-0.2, 0) is 15.6 Å². The molecule has 1 atom stereocenters. The smallest absolute Gasteiger partial charge is 0.237 e. The Kier molecular flexibility index (Phi) is 1.92. The van der Waals surface area contributed by atoms with Crippen molar-refractivity contribution < 1.29 is 9.00 Å². The zero-order valence-corrected chi connectivity index (χ0v) is 7.98. The quantitative estimate of drug-likeness (QED) is 0.672. The third-order valence-electron chi connectivity index (χ3n) is 2.01. The number of hydrogen-bond donors (Lipinski definition) is 1. The van der Waals surface area contributed by atoms with Gasteiger partial charge in [-0.2, -0.15) is 0 Å². The molecular formula is C9H9NO2S. The van der Waals surface area contributed by atoms with Gasteiger partial charge < -0.3 is 5.32 Å². The van der Waals surface area contributed by atoms with Crippen LogP contribution in [0.4, 0.5) is 5.69 Å². The van der Waals surface area contributed by atoms with Gasteiger partial charge in [-0.05, 0) is 18.6 Å². The first-order chi connectivity index (χ1) is 6.18. The van der Waals surface area contributed by atoms with Gasteiger partial charge >= 0.3 is 0 Å². The molecule has 4 heteroatoms. The first kappa shape index (κ1) is 8.44. The lowest BCUT2D eigenvalue weighted by Gasteiger charge is -2.17. The Bertz CT molecular complexity index is 401. The van der Waals surface area contributed by atoms with Crippen LogP contribution in [0.1, 0.15) is 5.56 Å². The Balaban J connectivity index is 2.61. The fourth-order valence-electron chi connectivity index (χ4n) is 1.36. The molecule has 0 bridgehead atoms. The minimum absolute atomic E-state index is 0.0798. The average molecular weight is 195 g/mol. The van der Waals surface area contributed by atoms with Gasteiger partial charge in [-0.3, -0.25) is 9.00 Å². The van der Waals surface area contributed by atoms with E-state index in [-0.39, 0.29) is 11.7 Å². The zero-order chi connectivity index (χ0) is 9.42. The summed E-state index contributed by atoms with van der Waals surface area (Å²) in [5.41, 5.74) is 1.68. The van der Waals surface area contributed by atoms with Crippen LogP contribution < -0.4 is 5.32 Å². The van der Waals surface area contributed by atoms with Crippen molar-refractivity contribution in [1.29, 1.82) is 0 Å². The van der Waals surface area contributed by atoms with E-state index in [4.69, 9.17) is 0 Å². The molecule has 1 amide bonds. The van der Waals surface area contributed by atoms with Crippen LogP contribution >= 0.6 is 0 Å². The van der Waals surface area contributed by atoms with E-state index < -0.39 is 10.8 Å². The van der Waals surface area contributed by atoms with Crippen LogP contribution in [-0.4, -0.2) is 15.9 Å². The Hall–Kier alpha value is -1.16. The molecule has 1 N–H and O–H groups in total. The number of carbonyl (C=O) groups is 1. The third kappa shape index (κ3) is 1.37. The summed E-state index contributed by atoms with van der Waals surface area (Å²) in [5, 5.41) is 2.73. The van der Waals surface area contributed by atoms with Crippen molar-refractivity contribution in [2.45, 2.75) is 11.8 Å². The van der Waals surface area contributed by atoms with Crippen LogP contribution in [0, 0.1) is 6.92 Å². The number of fused-ring (bicyclic) bond motifs is 1. The second-order valence-corrected chi connectivity index (χ2v) is 4.41. The molecule has 68 valence electrons. The molecule has 1 aliphatic rings. The molecule has 1 aliphatic heterocycles. The number of anilines is 1. The minimum atomic E-state index is -1.17. The van der Waals surface area contributed by atoms with Crippen molar-refractivity contribution in [2.75, 3.05) is 11.1 Å². The van der Waals surface area contributed by atoms with Crippen molar-refractivity contribution in [3.8, 4) is 0 Å². The molecule has 0 spiro atoms. The van der Waals surface area contributed by atoms with Crippen LogP contribution in [0.3, 0.4) is 0 Å². The van der Waals surface area contributed by atoms with Gasteiger partial charge in [0, 0.05) is 0 Å². The van der Waals surface area contributed by atoms with Crippen molar-refractivity contribution >= 4 is 22.4 Å². The molecular weight excluding hydrogens is 186 g/mol. The van der Waals surface area contributed by atoms with Crippen LogP contribution in [0.25, 0.3) is 0 Å². The Morgan fingerprint density at radius 2 is 2.23 bits per heavy atom. The van der Waals surface area contributed by atoms with E-state index in [0.717, 1.165) is 16.1 Å². The molecule has 3 nitrogen and oxygen atoms in total. The highest BCUT2D eigenvalue weighted by Crippen LogP contribution is 2.26. The number of nitrogens with one attached hydrogen (secondary N) is 1. The lowest BCUT2D eigenvalue weighted by atomic mass is 10.2. The standard InChI is InChI=1S/C9H9NO2S/c1-6-3-2-4-7-9(6)10-8(11)5-13(7)12/h2-4H,5H2,1H3,(H,10,11). The molecule has 1 heterocycles. The van der Waals surface area contributed by atoms with Crippen molar-refractivity contribution in [3.05, 3.63) is 23.8 Å². The highest BCUT2D eigenvalue weighted by atomic mass is 32.2. The van der Waals surface area contributed by atoms with E-state index >= 15 is 0 Å². The van der Waals surface area contributed by atoms with Gasteiger partial charge in [-0.15, -0.1) is 0 Å². The largest absolute Gasteiger partial charge is 0.324 e.